The number of hydrogen-bond acceptors (Lipinski definition) is 2. The maximum absolute atomic E-state index is 5.43. The molecule has 1 spiro atoms. The van der Waals surface area contributed by atoms with Crippen LogP contribution >= 0.6 is 0 Å². The number of fused-ring (bicyclic) bond motifs is 21. The highest BCUT2D eigenvalue weighted by molar-refractivity contribution is 6.09. The average molecular weight is 970 g/mol. The Morgan fingerprint density at radius 1 is 0.329 bits per heavy atom. The molecule has 0 amide bonds. The van der Waals surface area contributed by atoms with E-state index < -0.39 is 5.41 Å². The van der Waals surface area contributed by atoms with Crippen LogP contribution in [0.25, 0.3) is 94.4 Å². The zero-order chi connectivity index (χ0) is 50.0. The van der Waals surface area contributed by atoms with Crippen molar-refractivity contribution >= 4 is 66.7 Å². The van der Waals surface area contributed by atoms with Gasteiger partial charge in [0.1, 0.15) is 0 Å². The third kappa shape index (κ3) is 5.31. The molecule has 0 aliphatic heterocycles. The first-order valence-corrected chi connectivity index (χ1v) is 26.5. The van der Waals surface area contributed by atoms with E-state index in [4.69, 9.17) is 4.98 Å². The lowest BCUT2D eigenvalue weighted by atomic mass is 9.70. The van der Waals surface area contributed by atoms with E-state index in [9.17, 15) is 0 Å². The van der Waals surface area contributed by atoms with Crippen molar-refractivity contribution in [3.63, 3.8) is 0 Å². The Morgan fingerprint density at radius 3 is 1.46 bits per heavy atom. The van der Waals surface area contributed by atoms with Gasteiger partial charge in [0.15, 0.2) is 0 Å². The van der Waals surface area contributed by atoms with Crippen LogP contribution in [0, 0.1) is 0 Å². The number of nitrogens with zero attached hydrogens (tertiary/aromatic N) is 5. The lowest BCUT2D eigenvalue weighted by molar-refractivity contribution is 0.660. The van der Waals surface area contributed by atoms with E-state index in [0.29, 0.717) is 0 Å². The minimum atomic E-state index is -0.485. The smallest absolute Gasteiger partial charge is 0.220 e. The van der Waals surface area contributed by atoms with Gasteiger partial charge in [0.2, 0.25) is 5.78 Å². The molecule has 3 aliphatic carbocycles. The van der Waals surface area contributed by atoms with Crippen molar-refractivity contribution in [3.05, 3.63) is 282 Å². The van der Waals surface area contributed by atoms with Crippen LogP contribution in [-0.4, -0.2) is 18.5 Å². The van der Waals surface area contributed by atoms with Crippen LogP contribution < -0.4 is 4.90 Å². The van der Waals surface area contributed by atoms with E-state index in [0.717, 1.165) is 56.3 Å². The van der Waals surface area contributed by atoms with Crippen LogP contribution in [0.4, 0.5) is 17.1 Å². The lowest BCUT2D eigenvalue weighted by Crippen LogP contribution is -2.26. The van der Waals surface area contributed by atoms with Crippen LogP contribution in [0.15, 0.2) is 249 Å². The monoisotopic (exact) mass is 969 g/mol. The highest BCUT2D eigenvalue weighted by Crippen LogP contribution is 2.63. The third-order valence-corrected chi connectivity index (χ3v) is 17.4. The third-order valence-electron chi connectivity index (χ3n) is 17.4. The molecule has 5 heteroatoms. The predicted octanol–water partition coefficient (Wildman–Crippen LogP) is 17.6. The predicted molar refractivity (Wildman–Crippen MR) is 312 cm³/mol. The molecular weight excluding hydrogens is 923 g/mol. The molecular formula is C71H47N5. The summed E-state index contributed by atoms with van der Waals surface area (Å²) in [7, 11) is 0. The van der Waals surface area contributed by atoms with Crippen LogP contribution in [0.1, 0.15) is 47.2 Å². The number of rotatable bonds is 5. The zero-order valence-corrected chi connectivity index (χ0v) is 41.9. The highest BCUT2D eigenvalue weighted by Gasteiger charge is 2.51. The largest absolute Gasteiger partial charge is 0.310 e. The molecule has 14 aromatic rings. The second-order valence-electron chi connectivity index (χ2n) is 21.5. The van der Waals surface area contributed by atoms with Gasteiger partial charge in [0, 0.05) is 38.9 Å². The van der Waals surface area contributed by atoms with E-state index in [1.807, 2.05) is 0 Å². The summed E-state index contributed by atoms with van der Waals surface area (Å²) in [5.41, 5.74) is 27.1. The SMILES string of the molecule is CC1(C)c2ccccc2-c2ccc(N(c3cccc(-n4c5ccc(-n6c7ccccc7c7ccccc76)cc5n5c6ccccc6nc45)c3)c3ccc4c(c3)C3(c5ccccc5-c5ccccc53)c3ccccc3-4)cc21. The molecule has 5 nitrogen and oxygen atoms in total. The lowest BCUT2D eigenvalue weighted by Gasteiger charge is -2.32. The quantitative estimate of drug-likeness (QED) is 0.172. The van der Waals surface area contributed by atoms with Crippen molar-refractivity contribution < 1.29 is 0 Å². The number of imidazole rings is 2. The fraction of sp³-hybridized carbons (Fsp3) is 0.0563. The van der Waals surface area contributed by atoms with Gasteiger partial charge in [0.25, 0.3) is 0 Å². The molecule has 0 N–H and O–H groups in total. The van der Waals surface area contributed by atoms with Crippen molar-refractivity contribution in [3.8, 4) is 44.8 Å². The number of benzene rings is 11. The maximum Gasteiger partial charge on any atom is 0.220 e. The number of para-hydroxylation sites is 4. The van der Waals surface area contributed by atoms with Gasteiger partial charge in [-0.05, 0) is 152 Å². The fourth-order valence-corrected chi connectivity index (χ4v) is 14.3. The standard InChI is InChI=1S/C71H47N5/c1-70(2)57-26-9-3-20-49(57)53-37-34-46(41-61(53)70)73(47-35-38-54-52-23-6-12-29-60(52)71(62(54)42-47)58-27-10-4-21-50(58)51-22-5-11-28-59(51)71)44-18-17-19-45(40-44)75-67-39-36-48(43-68(67)76-66-33-16-13-30-63(66)72-69(75)76)74-64-31-14-7-24-55(64)56-25-8-15-32-65(56)74/h3-43H,1-2H3. The molecule has 3 heterocycles. The minimum Gasteiger partial charge on any atom is -0.310 e. The summed E-state index contributed by atoms with van der Waals surface area (Å²) in [5, 5.41) is 2.49. The van der Waals surface area contributed by atoms with E-state index in [1.54, 1.807) is 0 Å². The number of anilines is 3. The van der Waals surface area contributed by atoms with Crippen LogP contribution in [0.3, 0.4) is 0 Å². The molecule has 3 aliphatic rings. The summed E-state index contributed by atoms with van der Waals surface area (Å²) in [4.78, 5) is 7.93. The Hall–Kier alpha value is -9.71. The van der Waals surface area contributed by atoms with Crippen LogP contribution in [0.5, 0.6) is 0 Å². The van der Waals surface area contributed by atoms with Crippen LogP contribution in [0.2, 0.25) is 0 Å². The van der Waals surface area contributed by atoms with Gasteiger partial charge in [0.05, 0.1) is 44.2 Å². The first-order valence-electron chi connectivity index (χ1n) is 26.5. The van der Waals surface area contributed by atoms with Crippen molar-refractivity contribution in [2.75, 3.05) is 4.90 Å². The Morgan fingerprint density at radius 2 is 0.816 bits per heavy atom. The molecule has 0 saturated carbocycles. The molecule has 17 rings (SSSR count). The molecule has 0 unspecified atom stereocenters. The summed E-state index contributed by atoms with van der Waals surface area (Å²) in [6, 6.07) is 92.6. The van der Waals surface area contributed by atoms with Crippen molar-refractivity contribution in [2.45, 2.75) is 24.7 Å². The summed E-state index contributed by atoms with van der Waals surface area (Å²) < 4.78 is 7.11. The Bertz CT molecular complexity index is 4710. The zero-order valence-electron chi connectivity index (χ0n) is 41.9. The first kappa shape index (κ1) is 41.7. The average Bonchev–Trinajstić information content (AvgIpc) is 4.48. The van der Waals surface area contributed by atoms with Gasteiger partial charge in [-0.15, -0.1) is 0 Å². The van der Waals surface area contributed by atoms with Gasteiger partial charge in [-0.1, -0.05) is 178 Å². The number of hydrogen-bond donors (Lipinski definition) is 0. The van der Waals surface area contributed by atoms with E-state index in [-0.39, 0.29) is 5.41 Å². The molecule has 356 valence electrons. The molecule has 11 aromatic carbocycles. The first-order chi connectivity index (χ1) is 37.5. The van der Waals surface area contributed by atoms with E-state index in [1.165, 1.54) is 88.6 Å². The molecule has 3 aromatic heterocycles. The molecule has 76 heavy (non-hydrogen) atoms. The normalized spacial score (nSPS) is 14.1. The number of aromatic nitrogens is 4. The summed E-state index contributed by atoms with van der Waals surface area (Å²) in [6.07, 6.45) is 0. The van der Waals surface area contributed by atoms with Gasteiger partial charge in [-0.3, -0.25) is 8.97 Å². The van der Waals surface area contributed by atoms with Gasteiger partial charge in [-0.2, -0.15) is 0 Å². The molecule has 0 saturated heterocycles. The Kier molecular flexibility index (Phi) is 8.22. The van der Waals surface area contributed by atoms with Crippen molar-refractivity contribution in [1.29, 1.82) is 0 Å². The van der Waals surface area contributed by atoms with E-state index in [2.05, 4.69) is 281 Å². The summed E-state index contributed by atoms with van der Waals surface area (Å²) >= 11 is 0. The fourth-order valence-electron chi connectivity index (χ4n) is 14.3. The topological polar surface area (TPSA) is 30.4 Å². The Balaban J connectivity index is 0.905. The van der Waals surface area contributed by atoms with Crippen molar-refractivity contribution in [1.82, 2.24) is 18.5 Å². The highest BCUT2D eigenvalue weighted by atomic mass is 15.2. The molecule has 0 radical (unpaired) electrons. The summed E-state index contributed by atoms with van der Waals surface area (Å²) in [6.45, 7) is 4.75. The molecule has 0 fully saturated rings. The van der Waals surface area contributed by atoms with Crippen LogP contribution in [-0.2, 0) is 10.8 Å². The summed E-state index contributed by atoms with van der Waals surface area (Å²) in [5.74, 6) is 0.868. The van der Waals surface area contributed by atoms with Gasteiger partial charge in [-0.25, -0.2) is 4.98 Å². The van der Waals surface area contributed by atoms with E-state index >= 15 is 0 Å². The van der Waals surface area contributed by atoms with Gasteiger partial charge < -0.3 is 9.47 Å². The molecule has 0 atom stereocenters. The maximum atomic E-state index is 5.43. The van der Waals surface area contributed by atoms with Gasteiger partial charge >= 0.3 is 0 Å². The second-order valence-corrected chi connectivity index (χ2v) is 21.5. The van der Waals surface area contributed by atoms with Crippen molar-refractivity contribution in [2.24, 2.45) is 0 Å². The second kappa shape index (κ2) is 15.0. The minimum absolute atomic E-state index is 0.188. The Labute approximate surface area is 439 Å². The molecule has 0 bridgehead atoms.